The number of hydrogen-bond donors (Lipinski definition) is 0. The van der Waals surface area contributed by atoms with Gasteiger partial charge in [0.2, 0.25) is 0 Å². The molecule has 290 valence electrons. The molecule has 11 aromatic rings. The lowest BCUT2D eigenvalue weighted by molar-refractivity contribution is 0.670. The summed E-state index contributed by atoms with van der Waals surface area (Å²) in [6, 6.07) is 82.2. The van der Waals surface area contributed by atoms with E-state index in [1.54, 1.807) is 0 Å². The van der Waals surface area contributed by atoms with Crippen molar-refractivity contribution >= 4 is 21.9 Å². The Morgan fingerprint density at radius 3 is 1.65 bits per heavy atom. The molecule has 0 spiro atoms. The highest BCUT2D eigenvalue weighted by atomic mass is 16.3. The molecule has 2 heterocycles. The van der Waals surface area contributed by atoms with Gasteiger partial charge in [-0.3, -0.25) is 0 Å². The van der Waals surface area contributed by atoms with Crippen LogP contribution in [0.15, 0.2) is 235 Å². The molecule has 0 radical (unpaired) electrons. The molecule has 0 saturated heterocycles. The molecule has 3 nitrogen and oxygen atoms in total. The lowest BCUT2D eigenvalue weighted by atomic mass is 9.67. The second-order valence-electron chi connectivity index (χ2n) is 16.1. The monoisotopic (exact) mass is 790 g/mol. The van der Waals surface area contributed by atoms with E-state index in [-0.39, 0.29) is 0 Å². The van der Waals surface area contributed by atoms with Gasteiger partial charge in [-0.25, -0.2) is 9.97 Å². The Hall–Kier alpha value is -8.14. The molecular weight excluding hydrogens is 753 g/mol. The second-order valence-corrected chi connectivity index (χ2v) is 16.1. The molecule has 0 saturated carbocycles. The molecule has 0 unspecified atom stereocenters. The maximum Gasteiger partial charge on any atom is 0.160 e. The van der Waals surface area contributed by atoms with Crippen LogP contribution in [0.25, 0.3) is 89.2 Å². The van der Waals surface area contributed by atoms with E-state index in [2.05, 4.69) is 200 Å². The lowest BCUT2D eigenvalue weighted by Crippen LogP contribution is -2.28. The Morgan fingerprint density at radius 1 is 0.323 bits per heavy atom. The van der Waals surface area contributed by atoms with E-state index < -0.39 is 5.41 Å². The molecule has 0 aliphatic heterocycles. The van der Waals surface area contributed by atoms with Crippen molar-refractivity contribution in [3.05, 3.63) is 253 Å². The third-order valence-corrected chi connectivity index (χ3v) is 12.6. The first kappa shape index (κ1) is 35.8. The van der Waals surface area contributed by atoms with E-state index in [4.69, 9.17) is 14.4 Å². The van der Waals surface area contributed by atoms with E-state index in [1.807, 2.05) is 30.3 Å². The minimum Gasteiger partial charge on any atom is -0.455 e. The molecule has 1 aliphatic carbocycles. The van der Waals surface area contributed by atoms with Crippen LogP contribution in [0, 0.1) is 0 Å². The Bertz CT molecular complexity index is 3400. The first-order valence-electron chi connectivity index (χ1n) is 21.1. The van der Waals surface area contributed by atoms with Gasteiger partial charge in [0, 0.05) is 33.0 Å². The number of nitrogens with zero attached hydrogens (tertiary/aromatic N) is 2. The van der Waals surface area contributed by atoms with Gasteiger partial charge < -0.3 is 4.42 Å². The molecular formula is C59H38N2O. The number of aromatic nitrogens is 2. The van der Waals surface area contributed by atoms with E-state index in [0.717, 1.165) is 66.7 Å². The van der Waals surface area contributed by atoms with Crippen LogP contribution in [0.4, 0.5) is 0 Å². The first-order valence-corrected chi connectivity index (χ1v) is 21.1. The van der Waals surface area contributed by atoms with Gasteiger partial charge in [0.05, 0.1) is 16.8 Å². The van der Waals surface area contributed by atoms with Gasteiger partial charge in [-0.2, -0.15) is 0 Å². The fraction of sp³-hybridized carbons (Fsp3) is 0.0169. The number of furan rings is 1. The standard InChI is InChI=1S/C59H38N2O/c1-4-16-41(17-5-1)58-60-54(38-55(61-58)44-19-14-18-43(36-44)47-26-15-27-51-50-25-11-13-29-56(50)62-57(47)51)40-32-30-39(31-33-40)42-34-35-49-48-24-10-12-28-52(48)59(53(49)37-42,45-20-6-2-7-21-45)46-22-8-3-9-23-46/h1-38H. The smallest absolute Gasteiger partial charge is 0.160 e. The fourth-order valence-electron chi connectivity index (χ4n) is 9.74. The highest BCUT2D eigenvalue weighted by molar-refractivity contribution is 6.09. The summed E-state index contributed by atoms with van der Waals surface area (Å²) >= 11 is 0. The molecule has 1 aliphatic rings. The summed E-state index contributed by atoms with van der Waals surface area (Å²) in [5.41, 5.74) is 18.2. The van der Waals surface area contributed by atoms with Gasteiger partial charge in [-0.15, -0.1) is 0 Å². The molecule has 9 aromatic carbocycles. The molecule has 62 heavy (non-hydrogen) atoms. The predicted molar refractivity (Wildman–Crippen MR) is 254 cm³/mol. The van der Waals surface area contributed by atoms with E-state index in [9.17, 15) is 0 Å². The van der Waals surface area contributed by atoms with Crippen molar-refractivity contribution in [1.82, 2.24) is 9.97 Å². The summed E-state index contributed by atoms with van der Waals surface area (Å²) in [7, 11) is 0. The van der Waals surface area contributed by atoms with Crippen LogP contribution in [-0.2, 0) is 5.41 Å². The number of rotatable bonds is 7. The van der Waals surface area contributed by atoms with E-state index in [1.165, 1.54) is 38.9 Å². The van der Waals surface area contributed by atoms with Gasteiger partial charge in [0.25, 0.3) is 0 Å². The van der Waals surface area contributed by atoms with Crippen LogP contribution in [0.1, 0.15) is 22.3 Å². The van der Waals surface area contributed by atoms with Gasteiger partial charge in [-0.1, -0.05) is 206 Å². The zero-order valence-corrected chi connectivity index (χ0v) is 33.7. The third-order valence-electron chi connectivity index (χ3n) is 12.6. The number of hydrogen-bond acceptors (Lipinski definition) is 3. The highest BCUT2D eigenvalue weighted by Gasteiger charge is 2.46. The zero-order valence-electron chi connectivity index (χ0n) is 33.7. The Labute approximate surface area is 360 Å². The topological polar surface area (TPSA) is 38.9 Å². The molecule has 0 atom stereocenters. The van der Waals surface area contributed by atoms with Crippen molar-refractivity contribution < 1.29 is 4.42 Å². The van der Waals surface area contributed by atoms with Crippen LogP contribution >= 0.6 is 0 Å². The van der Waals surface area contributed by atoms with Crippen LogP contribution in [0.2, 0.25) is 0 Å². The maximum atomic E-state index is 6.44. The van der Waals surface area contributed by atoms with E-state index in [0.29, 0.717) is 5.82 Å². The summed E-state index contributed by atoms with van der Waals surface area (Å²) < 4.78 is 6.44. The van der Waals surface area contributed by atoms with Gasteiger partial charge in [-0.05, 0) is 74.3 Å². The molecule has 2 aromatic heterocycles. The van der Waals surface area contributed by atoms with Crippen molar-refractivity contribution in [1.29, 1.82) is 0 Å². The van der Waals surface area contributed by atoms with E-state index >= 15 is 0 Å². The lowest BCUT2D eigenvalue weighted by Gasteiger charge is -2.34. The SMILES string of the molecule is c1ccc(-c2nc(-c3ccc(-c4ccc5c(c4)C(c4ccccc4)(c4ccccc4)c4ccccc4-5)cc3)cc(-c3cccc(-c4cccc5c4oc4ccccc45)c3)n2)cc1. The summed E-state index contributed by atoms with van der Waals surface area (Å²) in [5, 5.41) is 2.23. The third kappa shape index (κ3) is 5.74. The number of benzene rings is 9. The molecule has 12 rings (SSSR count). The molecule has 0 amide bonds. The Kier molecular flexibility index (Phi) is 8.39. The largest absolute Gasteiger partial charge is 0.455 e. The minimum atomic E-state index is -0.453. The first-order chi connectivity index (χ1) is 30.7. The predicted octanol–water partition coefficient (Wildman–Crippen LogP) is 15.1. The average molecular weight is 791 g/mol. The van der Waals surface area contributed by atoms with Crippen LogP contribution in [-0.4, -0.2) is 9.97 Å². The van der Waals surface area contributed by atoms with Crippen LogP contribution in [0.5, 0.6) is 0 Å². The molecule has 0 bridgehead atoms. The quantitative estimate of drug-likeness (QED) is 0.161. The zero-order chi connectivity index (χ0) is 41.0. The van der Waals surface area contributed by atoms with Gasteiger partial charge >= 0.3 is 0 Å². The van der Waals surface area contributed by atoms with Crippen molar-refractivity contribution in [2.24, 2.45) is 0 Å². The normalized spacial score (nSPS) is 12.6. The summed E-state index contributed by atoms with van der Waals surface area (Å²) in [6.45, 7) is 0. The fourth-order valence-corrected chi connectivity index (χ4v) is 9.74. The summed E-state index contributed by atoms with van der Waals surface area (Å²) in [5.74, 6) is 0.684. The second kappa shape index (κ2) is 14.5. The Morgan fingerprint density at radius 2 is 0.871 bits per heavy atom. The van der Waals surface area contributed by atoms with Crippen LogP contribution in [0.3, 0.4) is 0 Å². The van der Waals surface area contributed by atoms with Crippen molar-refractivity contribution in [2.45, 2.75) is 5.41 Å². The van der Waals surface area contributed by atoms with Crippen molar-refractivity contribution in [3.63, 3.8) is 0 Å². The Balaban J connectivity index is 0.955. The van der Waals surface area contributed by atoms with Gasteiger partial charge in [0.15, 0.2) is 5.82 Å². The summed E-state index contributed by atoms with van der Waals surface area (Å²) in [6.07, 6.45) is 0. The van der Waals surface area contributed by atoms with Crippen LogP contribution < -0.4 is 0 Å². The molecule has 3 heteroatoms. The number of fused-ring (bicyclic) bond motifs is 6. The molecule has 0 N–H and O–H groups in total. The van der Waals surface area contributed by atoms with Crippen molar-refractivity contribution in [2.75, 3.05) is 0 Å². The average Bonchev–Trinajstić information content (AvgIpc) is 3.89. The minimum absolute atomic E-state index is 0.453. The van der Waals surface area contributed by atoms with Crippen molar-refractivity contribution in [3.8, 4) is 67.3 Å². The number of para-hydroxylation sites is 2. The maximum absolute atomic E-state index is 6.44. The molecule has 0 fully saturated rings. The highest BCUT2D eigenvalue weighted by Crippen LogP contribution is 2.56. The van der Waals surface area contributed by atoms with Gasteiger partial charge in [0.1, 0.15) is 11.2 Å². The summed E-state index contributed by atoms with van der Waals surface area (Å²) in [4.78, 5) is 10.4.